The first kappa shape index (κ1) is 14.7. The highest BCUT2D eigenvalue weighted by Gasteiger charge is 2.21. The number of pyridine rings is 1. The lowest BCUT2D eigenvalue weighted by molar-refractivity contribution is 0.528. The summed E-state index contributed by atoms with van der Waals surface area (Å²) in [6.45, 7) is 8.37. The first-order chi connectivity index (χ1) is 9.81. The van der Waals surface area contributed by atoms with Gasteiger partial charge in [-0.05, 0) is 37.9 Å². The molecule has 0 aliphatic carbocycles. The topological polar surface area (TPSA) is 42.7 Å². The van der Waals surface area contributed by atoms with Crippen LogP contribution in [0.2, 0.25) is 0 Å². The lowest BCUT2D eigenvalue weighted by atomic mass is 10.0. The maximum atomic E-state index is 4.62. The van der Waals surface area contributed by atoms with Gasteiger partial charge in [-0.3, -0.25) is 4.98 Å². The fourth-order valence-electron chi connectivity index (χ4n) is 2.46. The molecule has 0 bridgehead atoms. The molecule has 4 heteroatoms. The summed E-state index contributed by atoms with van der Waals surface area (Å²) in [6, 6.07) is 4.23. The maximum absolute atomic E-state index is 4.62. The summed E-state index contributed by atoms with van der Waals surface area (Å²) in [4.78, 5) is 9.17. The monoisotopic (exact) mass is 272 g/mol. The van der Waals surface area contributed by atoms with Crippen LogP contribution in [0.3, 0.4) is 0 Å². The molecule has 2 aromatic heterocycles. The van der Waals surface area contributed by atoms with Gasteiger partial charge in [-0.2, -0.15) is 0 Å². The minimum Gasteiger partial charge on any atom is -0.334 e. The summed E-state index contributed by atoms with van der Waals surface area (Å²) in [5, 5.41) is 3.59. The molecule has 0 saturated carbocycles. The number of hydrogen-bond acceptors (Lipinski definition) is 3. The van der Waals surface area contributed by atoms with E-state index in [1.807, 2.05) is 24.7 Å². The van der Waals surface area contributed by atoms with E-state index < -0.39 is 0 Å². The van der Waals surface area contributed by atoms with Crippen LogP contribution >= 0.6 is 0 Å². The van der Waals surface area contributed by atoms with Gasteiger partial charge < -0.3 is 9.88 Å². The van der Waals surface area contributed by atoms with Crippen molar-refractivity contribution >= 4 is 0 Å². The minimum absolute atomic E-state index is 0.0704. The van der Waals surface area contributed by atoms with Crippen molar-refractivity contribution in [2.24, 2.45) is 0 Å². The Balaban J connectivity index is 2.41. The molecule has 1 unspecified atom stereocenters. The fourth-order valence-corrected chi connectivity index (χ4v) is 2.46. The first-order valence-corrected chi connectivity index (χ1v) is 7.49. The van der Waals surface area contributed by atoms with Crippen LogP contribution < -0.4 is 5.32 Å². The van der Waals surface area contributed by atoms with Crippen LogP contribution in [0.1, 0.15) is 50.3 Å². The molecule has 20 heavy (non-hydrogen) atoms. The molecular formula is C16H24N4. The van der Waals surface area contributed by atoms with Gasteiger partial charge in [0.25, 0.3) is 0 Å². The van der Waals surface area contributed by atoms with Gasteiger partial charge in [-0.1, -0.05) is 19.9 Å². The van der Waals surface area contributed by atoms with Gasteiger partial charge in [0.2, 0.25) is 0 Å². The van der Waals surface area contributed by atoms with E-state index in [4.69, 9.17) is 0 Å². The zero-order valence-corrected chi connectivity index (χ0v) is 12.6. The second kappa shape index (κ2) is 7.20. The Kier molecular flexibility index (Phi) is 5.30. The predicted octanol–water partition coefficient (Wildman–Crippen LogP) is 2.95. The van der Waals surface area contributed by atoms with Crippen molar-refractivity contribution in [3.05, 3.63) is 47.8 Å². The second-order valence-corrected chi connectivity index (χ2v) is 4.86. The van der Waals surface area contributed by atoms with Crippen LogP contribution in [0.15, 0.2) is 30.7 Å². The van der Waals surface area contributed by atoms with Gasteiger partial charge in [0.1, 0.15) is 11.9 Å². The third-order valence-corrected chi connectivity index (χ3v) is 3.53. The predicted molar refractivity (Wildman–Crippen MR) is 81.7 cm³/mol. The third kappa shape index (κ3) is 3.07. The van der Waals surface area contributed by atoms with Crippen LogP contribution in [-0.4, -0.2) is 21.1 Å². The summed E-state index contributed by atoms with van der Waals surface area (Å²) >= 11 is 0. The number of aryl methyl sites for hydroxylation is 2. The highest BCUT2D eigenvalue weighted by Crippen LogP contribution is 2.22. The summed E-state index contributed by atoms with van der Waals surface area (Å²) in [7, 11) is 0. The molecule has 0 aromatic carbocycles. The summed E-state index contributed by atoms with van der Waals surface area (Å²) in [5.41, 5.74) is 2.39. The Hall–Kier alpha value is -1.68. The zero-order chi connectivity index (χ0) is 14.4. The number of nitrogens with zero attached hydrogens (tertiary/aromatic N) is 3. The molecule has 1 atom stereocenters. The van der Waals surface area contributed by atoms with Gasteiger partial charge in [0, 0.05) is 25.1 Å². The number of aromatic nitrogens is 3. The number of nitrogens with one attached hydrogen (secondary N) is 1. The van der Waals surface area contributed by atoms with E-state index in [2.05, 4.69) is 46.7 Å². The standard InChI is InChI=1S/C16H24N4/c1-4-9-17-15(16-19-11-12-20(16)6-3)14-13(5-2)8-7-10-18-14/h7-8,10-12,15,17H,4-6,9H2,1-3H3. The van der Waals surface area contributed by atoms with Crippen molar-refractivity contribution in [2.75, 3.05) is 6.54 Å². The van der Waals surface area contributed by atoms with Crippen LogP contribution in [0, 0.1) is 0 Å². The van der Waals surface area contributed by atoms with E-state index in [1.54, 1.807) is 0 Å². The van der Waals surface area contributed by atoms with E-state index in [0.29, 0.717) is 0 Å². The Labute approximate surface area is 121 Å². The Morgan fingerprint density at radius 2 is 2.05 bits per heavy atom. The summed E-state index contributed by atoms with van der Waals surface area (Å²) in [5.74, 6) is 1.05. The van der Waals surface area contributed by atoms with Crippen molar-refractivity contribution in [1.29, 1.82) is 0 Å². The second-order valence-electron chi connectivity index (χ2n) is 4.86. The Morgan fingerprint density at radius 3 is 2.75 bits per heavy atom. The van der Waals surface area contributed by atoms with Gasteiger partial charge in [-0.25, -0.2) is 4.98 Å². The van der Waals surface area contributed by atoms with Crippen LogP contribution in [0.25, 0.3) is 0 Å². The molecule has 4 nitrogen and oxygen atoms in total. The van der Waals surface area contributed by atoms with Crippen LogP contribution in [0.4, 0.5) is 0 Å². The minimum atomic E-state index is 0.0704. The lowest BCUT2D eigenvalue weighted by Gasteiger charge is -2.21. The molecule has 2 aromatic rings. The number of rotatable bonds is 7. The van der Waals surface area contributed by atoms with E-state index in [1.165, 1.54) is 5.56 Å². The average Bonchev–Trinajstić information content (AvgIpc) is 2.96. The lowest BCUT2D eigenvalue weighted by Crippen LogP contribution is -2.28. The fraction of sp³-hybridized carbons (Fsp3) is 0.500. The number of hydrogen-bond donors (Lipinski definition) is 1. The molecule has 1 N–H and O–H groups in total. The van der Waals surface area contributed by atoms with E-state index >= 15 is 0 Å². The SMILES string of the molecule is CCCNC(c1ncccc1CC)c1nccn1CC. The van der Waals surface area contributed by atoms with Gasteiger partial charge in [-0.15, -0.1) is 0 Å². The molecule has 0 radical (unpaired) electrons. The van der Waals surface area contributed by atoms with E-state index in [0.717, 1.165) is 37.4 Å². The van der Waals surface area contributed by atoms with Crippen LogP contribution in [-0.2, 0) is 13.0 Å². The maximum Gasteiger partial charge on any atom is 0.132 e. The van der Waals surface area contributed by atoms with Crippen LogP contribution in [0.5, 0.6) is 0 Å². The summed E-state index contributed by atoms with van der Waals surface area (Å²) < 4.78 is 2.18. The van der Waals surface area contributed by atoms with Crippen molar-refractivity contribution in [1.82, 2.24) is 19.9 Å². The average molecular weight is 272 g/mol. The first-order valence-electron chi connectivity index (χ1n) is 7.49. The number of imidazole rings is 1. The zero-order valence-electron chi connectivity index (χ0n) is 12.6. The van der Waals surface area contributed by atoms with Crippen molar-refractivity contribution in [2.45, 2.75) is 46.2 Å². The molecule has 0 aliphatic rings. The van der Waals surface area contributed by atoms with Gasteiger partial charge in [0.15, 0.2) is 0 Å². The van der Waals surface area contributed by atoms with E-state index in [-0.39, 0.29) is 6.04 Å². The summed E-state index contributed by atoms with van der Waals surface area (Å²) in [6.07, 6.45) is 7.85. The largest absolute Gasteiger partial charge is 0.334 e. The third-order valence-electron chi connectivity index (χ3n) is 3.53. The quantitative estimate of drug-likeness (QED) is 0.842. The molecule has 108 valence electrons. The highest BCUT2D eigenvalue weighted by molar-refractivity contribution is 5.27. The molecule has 0 spiro atoms. The Bertz CT molecular complexity index is 533. The van der Waals surface area contributed by atoms with Crippen molar-refractivity contribution in [3.8, 4) is 0 Å². The van der Waals surface area contributed by atoms with Crippen molar-refractivity contribution < 1.29 is 0 Å². The molecule has 0 aliphatic heterocycles. The molecule has 0 saturated heterocycles. The molecule has 2 heterocycles. The smallest absolute Gasteiger partial charge is 0.132 e. The van der Waals surface area contributed by atoms with E-state index in [9.17, 15) is 0 Å². The molecule has 2 rings (SSSR count). The Morgan fingerprint density at radius 1 is 1.20 bits per heavy atom. The van der Waals surface area contributed by atoms with Crippen molar-refractivity contribution in [3.63, 3.8) is 0 Å². The highest BCUT2D eigenvalue weighted by atomic mass is 15.1. The van der Waals surface area contributed by atoms with Gasteiger partial charge >= 0.3 is 0 Å². The molecule has 0 fully saturated rings. The molecule has 0 amide bonds. The van der Waals surface area contributed by atoms with Gasteiger partial charge in [0.05, 0.1) is 5.69 Å². The normalized spacial score (nSPS) is 12.6. The molecular weight excluding hydrogens is 248 g/mol.